The summed E-state index contributed by atoms with van der Waals surface area (Å²) < 4.78 is 0.952. The first-order valence-corrected chi connectivity index (χ1v) is 6.99. The van der Waals surface area contributed by atoms with Crippen molar-refractivity contribution in [3.05, 3.63) is 12.7 Å². The highest BCUT2D eigenvalue weighted by Gasteiger charge is 2.15. The van der Waals surface area contributed by atoms with Crippen molar-refractivity contribution >= 4 is 5.78 Å². The summed E-state index contributed by atoms with van der Waals surface area (Å²) in [5.41, 5.74) is 0. The zero-order valence-electron chi connectivity index (χ0n) is 12.0. The van der Waals surface area contributed by atoms with Crippen LogP contribution in [0.1, 0.15) is 51.9 Å². The highest BCUT2D eigenvalue weighted by molar-refractivity contribution is 5.89. The van der Waals surface area contributed by atoms with Crippen LogP contribution in [0.5, 0.6) is 0 Å². The first kappa shape index (κ1) is 16.4. The molecule has 0 heterocycles. The lowest BCUT2D eigenvalue weighted by atomic mass is 10.1. The third kappa shape index (κ3) is 10.3. The highest BCUT2D eigenvalue weighted by Crippen LogP contribution is 2.08. The summed E-state index contributed by atoms with van der Waals surface area (Å²) in [6.45, 7) is 7.86. The highest BCUT2D eigenvalue weighted by atomic mass is 16.1. The van der Waals surface area contributed by atoms with Crippen LogP contribution in [-0.4, -0.2) is 37.5 Å². The number of carbonyl (C=O) groups is 1. The van der Waals surface area contributed by atoms with Crippen molar-refractivity contribution in [3.8, 4) is 0 Å². The van der Waals surface area contributed by atoms with E-state index in [1.54, 1.807) is 0 Å². The molecule has 0 saturated heterocycles. The Morgan fingerprint density at radius 1 is 1.06 bits per heavy atom. The monoisotopic (exact) mass is 240 g/mol. The van der Waals surface area contributed by atoms with E-state index < -0.39 is 0 Å². The van der Waals surface area contributed by atoms with Crippen molar-refractivity contribution in [2.24, 2.45) is 0 Å². The Hall–Kier alpha value is -0.630. The molecule has 0 atom stereocenters. The van der Waals surface area contributed by atoms with E-state index in [1.165, 1.54) is 51.1 Å². The van der Waals surface area contributed by atoms with Crippen LogP contribution in [0, 0.1) is 0 Å². The fraction of sp³-hybridized carbons (Fsp3) is 0.800. The van der Waals surface area contributed by atoms with Crippen molar-refractivity contribution in [2.75, 3.05) is 27.2 Å². The summed E-state index contributed by atoms with van der Waals surface area (Å²) in [6, 6.07) is 0. The number of nitrogens with zero attached hydrogens (tertiary/aromatic N) is 1. The second kappa shape index (κ2) is 9.41. The molecule has 0 N–H and O–H groups in total. The molecule has 0 saturated carbocycles. The summed E-state index contributed by atoms with van der Waals surface area (Å²) in [6.07, 6.45) is 10.1. The maximum atomic E-state index is 11.2. The molecule has 0 bridgehead atoms. The van der Waals surface area contributed by atoms with Gasteiger partial charge >= 0.3 is 0 Å². The number of hydrogen-bond acceptors (Lipinski definition) is 1. The normalized spacial score (nSPS) is 11.5. The van der Waals surface area contributed by atoms with Gasteiger partial charge in [0.25, 0.3) is 0 Å². The van der Waals surface area contributed by atoms with Gasteiger partial charge in [0.1, 0.15) is 0 Å². The number of quaternary nitrogens is 1. The molecule has 0 aliphatic carbocycles. The third-order valence-corrected chi connectivity index (χ3v) is 3.31. The van der Waals surface area contributed by atoms with Crippen LogP contribution in [0.3, 0.4) is 0 Å². The third-order valence-electron chi connectivity index (χ3n) is 3.31. The molecule has 0 aliphatic heterocycles. The van der Waals surface area contributed by atoms with E-state index in [0.29, 0.717) is 6.42 Å². The lowest BCUT2D eigenvalue weighted by Gasteiger charge is -2.29. The molecule has 0 aromatic rings. The maximum absolute atomic E-state index is 11.2. The lowest BCUT2D eigenvalue weighted by molar-refractivity contribution is -0.889. The Morgan fingerprint density at radius 2 is 1.65 bits per heavy atom. The topological polar surface area (TPSA) is 17.1 Å². The van der Waals surface area contributed by atoms with Gasteiger partial charge in [-0.25, -0.2) is 0 Å². The first-order valence-electron chi connectivity index (χ1n) is 6.99. The summed E-state index contributed by atoms with van der Waals surface area (Å²) in [5.74, 6) is 0.166. The summed E-state index contributed by atoms with van der Waals surface area (Å²) >= 11 is 0. The molecule has 0 rings (SSSR count). The Kier molecular flexibility index (Phi) is 9.06. The van der Waals surface area contributed by atoms with Gasteiger partial charge in [0.15, 0.2) is 5.78 Å². The molecule has 2 heteroatoms. The number of allylic oxidation sites excluding steroid dienone is 1. The lowest BCUT2D eigenvalue weighted by Crippen LogP contribution is -2.41. The van der Waals surface area contributed by atoms with Gasteiger partial charge in [-0.05, 0) is 18.9 Å². The number of unbranched alkanes of at least 4 members (excludes halogenated alkanes) is 5. The van der Waals surface area contributed by atoms with E-state index in [9.17, 15) is 4.79 Å². The van der Waals surface area contributed by atoms with E-state index in [0.717, 1.165) is 11.0 Å². The van der Waals surface area contributed by atoms with Gasteiger partial charge in [-0.2, -0.15) is 0 Å². The minimum atomic E-state index is 0.166. The van der Waals surface area contributed by atoms with Gasteiger partial charge in [-0.15, -0.1) is 0 Å². The molecule has 0 aromatic heterocycles. The second-order valence-corrected chi connectivity index (χ2v) is 5.57. The molecule has 0 aliphatic rings. The van der Waals surface area contributed by atoms with E-state index in [-0.39, 0.29) is 5.78 Å². The summed E-state index contributed by atoms with van der Waals surface area (Å²) in [4.78, 5) is 11.2. The van der Waals surface area contributed by atoms with Gasteiger partial charge < -0.3 is 4.48 Å². The quantitative estimate of drug-likeness (QED) is 0.306. The molecule has 100 valence electrons. The molecule has 0 amide bonds. The Bertz CT molecular complexity index is 221. The van der Waals surface area contributed by atoms with Gasteiger partial charge in [-0.3, -0.25) is 4.79 Å². The standard InChI is InChI=1S/C15H30NO/c1-5-7-8-9-10-11-13-16(3,4)14-12-15(17)6-2/h6H,2,5,7-14H2,1,3-4H3/q+1. The fourth-order valence-electron chi connectivity index (χ4n) is 1.95. The smallest absolute Gasteiger partial charge is 0.160 e. The Labute approximate surface area is 107 Å². The first-order chi connectivity index (χ1) is 8.02. The van der Waals surface area contributed by atoms with E-state index >= 15 is 0 Å². The number of carbonyl (C=O) groups excluding carboxylic acids is 1. The van der Waals surface area contributed by atoms with Gasteiger partial charge in [0.2, 0.25) is 0 Å². The minimum Gasteiger partial charge on any atom is -0.328 e. The molecule has 17 heavy (non-hydrogen) atoms. The maximum Gasteiger partial charge on any atom is 0.160 e. The van der Waals surface area contributed by atoms with Crippen LogP contribution in [0.15, 0.2) is 12.7 Å². The second-order valence-electron chi connectivity index (χ2n) is 5.57. The summed E-state index contributed by atoms with van der Waals surface area (Å²) in [5, 5.41) is 0. The minimum absolute atomic E-state index is 0.166. The zero-order valence-corrected chi connectivity index (χ0v) is 12.0. The summed E-state index contributed by atoms with van der Waals surface area (Å²) in [7, 11) is 4.42. The Morgan fingerprint density at radius 3 is 2.24 bits per heavy atom. The van der Waals surface area contributed by atoms with Crippen molar-refractivity contribution in [1.29, 1.82) is 0 Å². The predicted molar refractivity (Wildman–Crippen MR) is 75.0 cm³/mol. The van der Waals surface area contributed by atoms with Crippen LogP contribution in [-0.2, 0) is 4.79 Å². The van der Waals surface area contributed by atoms with Gasteiger partial charge in [0, 0.05) is 0 Å². The zero-order chi connectivity index (χ0) is 13.1. The fourth-order valence-corrected chi connectivity index (χ4v) is 1.95. The van der Waals surface area contributed by atoms with Crippen molar-refractivity contribution in [2.45, 2.75) is 51.9 Å². The van der Waals surface area contributed by atoms with Gasteiger partial charge in [0.05, 0.1) is 33.6 Å². The molecule has 0 radical (unpaired) electrons. The molecule has 0 fully saturated rings. The molecular weight excluding hydrogens is 210 g/mol. The Balaban J connectivity index is 3.56. The molecule has 2 nitrogen and oxygen atoms in total. The van der Waals surface area contributed by atoms with Gasteiger partial charge in [-0.1, -0.05) is 39.2 Å². The van der Waals surface area contributed by atoms with Crippen LogP contribution in [0.2, 0.25) is 0 Å². The molecule has 0 unspecified atom stereocenters. The SMILES string of the molecule is C=CC(=O)CC[N+](C)(C)CCCCCCCC. The van der Waals surface area contributed by atoms with E-state index in [1.807, 2.05) is 0 Å². The average molecular weight is 240 g/mol. The molecule has 0 aromatic carbocycles. The van der Waals surface area contributed by atoms with E-state index in [2.05, 4.69) is 27.6 Å². The largest absolute Gasteiger partial charge is 0.328 e. The van der Waals surface area contributed by atoms with Crippen LogP contribution in [0.4, 0.5) is 0 Å². The number of rotatable bonds is 11. The predicted octanol–water partition coefficient (Wildman–Crippen LogP) is 3.57. The van der Waals surface area contributed by atoms with E-state index in [4.69, 9.17) is 0 Å². The molecular formula is C15H30NO+. The van der Waals surface area contributed by atoms with Crippen LogP contribution in [0.25, 0.3) is 0 Å². The number of ketones is 1. The average Bonchev–Trinajstić information content (AvgIpc) is 2.30. The van der Waals surface area contributed by atoms with Crippen molar-refractivity contribution in [1.82, 2.24) is 0 Å². The molecule has 0 spiro atoms. The van der Waals surface area contributed by atoms with Crippen molar-refractivity contribution < 1.29 is 9.28 Å². The number of hydrogen-bond donors (Lipinski definition) is 0. The van der Waals surface area contributed by atoms with Crippen molar-refractivity contribution in [3.63, 3.8) is 0 Å². The van der Waals surface area contributed by atoms with Crippen LogP contribution >= 0.6 is 0 Å². The van der Waals surface area contributed by atoms with Crippen LogP contribution < -0.4 is 0 Å².